The van der Waals surface area contributed by atoms with Gasteiger partial charge in [-0.1, -0.05) is 12.1 Å². The fourth-order valence-corrected chi connectivity index (χ4v) is 1.37. The Morgan fingerprint density at radius 1 is 1.47 bits per heavy atom. The van der Waals surface area contributed by atoms with Crippen molar-refractivity contribution in [1.82, 2.24) is 5.06 Å². The summed E-state index contributed by atoms with van der Waals surface area (Å²) < 4.78 is 12.7. The lowest BCUT2D eigenvalue weighted by molar-refractivity contribution is -0.169. The van der Waals surface area contributed by atoms with Crippen LogP contribution in [0.2, 0.25) is 0 Å². The molecule has 1 N–H and O–H groups in total. The van der Waals surface area contributed by atoms with Crippen LogP contribution in [0.4, 0.5) is 4.39 Å². The third kappa shape index (κ3) is 4.13. The van der Waals surface area contributed by atoms with Gasteiger partial charge in [0.2, 0.25) is 5.91 Å². The maximum absolute atomic E-state index is 12.7. The summed E-state index contributed by atoms with van der Waals surface area (Å²) in [6.07, 6.45) is -0.328. The third-order valence-corrected chi connectivity index (χ3v) is 2.51. The van der Waals surface area contributed by atoms with Gasteiger partial charge < -0.3 is 5.11 Å². The van der Waals surface area contributed by atoms with Gasteiger partial charge in [-0.3, -0.25) is 9.63 Å². The van der Waals surface area contributed by atoms with Gasteiger partial charge in [-0.05, 0) is 24.1 Å². The minimum absolute atomic E-state index is 0.170. The van der Waals surface area contributed by atoms with E-state index in [4.69, 9.17) is 4.84 Å². The van der Waals surface area contributed by atoms with Crippen molar-refractivity contribution >= 4 is 5.91 Å². The molecule has 0 aliphatic rings. The topological polar surface area (TPSA) is 49.8 Å². The van der Waals surface area contributed by atoms with Gasteiger partial charge in [-0.2, -0.15) is 0 Å². The lowest BCUT2D eigenvalue weighted by atomic mass is 10.0. The van der Waals surface area contributed by atoms with Gasteiger partial charge in [0.15, 0.2) is 0 Å². The SMILES string of the molecule is CON(C)C(=O)CCC(O)c1ccc(F)cc1. The molecule has 5 heteroatoms. The number of halogens is 1. The maximum Gasteiger partial charge on any atom is 0.245 e. The molecule has 0 saturated carbocycles. The molecule has 1 atom stereocenters. The van der Waals surface area contributed by atoms with Gasteiger partial charge in [0.1, 0.15) is 5.82 Å². The van der Waals surface area contributed by atoms with Crippen LogP contribution >= 0.6 is 0 Å². The standard InChI is InChI=1S/C12H16FNO3/c1-14(17-2)12(16)8-7-11(15)9-3-5-10(13)6-4-9/h3-6,11,15H,7-8H2,1-2H3. The summed E-state index contributed by atoms with van der Waals surface area (Å²) in [5.74, 6) is -0.565. The van der Waals surface area contributed by atoms with E-state index in [0.717, 1.165) is 5.06 Å². The Balaban J connectivity index is 2.47. The number of aliphatic hydroxyl groups excluding tert-OH is 1. The van der Waals surface area contributed by atoms with E-state index in [9.17, 15) is 14.3 Å². The van der Waals surface area contributed by atoms with Gasteiger partial charge in [0.05, 0.1) is 13.2 Å². The summed E-state index contributed by atoms with van der Waals surface area (Å²) >= 11 is 0. The summed E-state index contributed by atoms with van der Waals surface area (Å²) in [4.78, 5) is 16.1. The van der Waals surface area contributed by atoms with Crippen molar-refractivity contribution in [2.45, 2.75) is 18.9 Å². The molecule has 0 radical (unpaired) electrons. The molecule has 1 aromatic rings. The number of nitrogens with zero attached hydrogens (tertiary/aromatic N) is 1. The van der Waals surface area contributed by atoms with Crippen molar-refractivity contribution in [3.05, 3.63) is 35.6 Å². The van der Waals surface area contributed by atoms with Crippen LogP contribution in [-0.4, -0.2) is 30.2 Å². The van der Waals surface area contributed by atoms with Crippen LogP contribution in [0, 0.1) is 5.82 Å². The molecule has 17 heavy (non-hydrogen) atoms. The van der Waals surface area contributed by atoms with Crippen molar-refractivity contribution in [2.24, 2.45) is 0 Å². The molecular formula is C12H16FNO3. The second-order valence-electron chi connectivity index (χ2n) is 3.68. The molecule has 94 valence electrons. The molecule has 0 aliphatic carbocycles. The van der Waals surface area contributed by atoms with Gasteiger partial charge in [0.25, 0.3) is 0 Å². The van der Waals surface area contributed by atoms with Crippen LogP contribution in [0.1, 0.15) is 24.5 Å². The van der Waals surface area contributed by atoms with Crippen LogP contribution in [-0.2, 0) is 9.63 Å². The number of benzene rings is 1. The van der Waals surface area contributed by atoms with E-state index in [0.29, 0.717) is 5.56 Å². The molecular weight excluding hydrogens is 225 g/mol. The Morgan fingerprint density at radius 2 is 2.06 bits per heavy atom. The summed E-state index contributed by atoms with van der Waals surface area (Å²) in [5, 5.41) is 10.9. The lowest BCUT2D eigenvalue weighted by Gasteiger charge is -2.15. The summed E-state index contributed by atoms with van der Waals surface area (Å²) in [6.45, 7) is 0. The Labute approximate surface area is 99.6 Å². The van der Waals surface area contributed by atoms with Crippen molar-refractivity contribution in [2.75, 3.05) is 14.2 Å². The third-order valence-electron chi connectivity index (χ3n) is 2.51. The zero-order valence-electron chi connectivity index (χ0n) is 9.89. The fourth-order valence-electron chi connectivity index (χ4n) is 1.37. The first kappa shape index (κ1) is 13.6. The molecule has 0 aliphatic heterocycles. The minimum Gasteiger partial charge on any atom is -0.388 e. The van der Waals surface area contributed by atoms with Crippen LogP contribution < -0.4 is 0 Å². The monoisotopic (exact) mass is 241 g/mol. The van der Waals surface area contributed by atoms with E-state index >= 15 is 0 Å². The van der Waals surface area contributed by atoms with Crippen molar-refractivity contribution in [3.63, 3.8) is 0 Å². The Kier molecular flexibility index (Phi) is 5.06. The molecule has 1 amide bonds. The molecule has 4 nitrogen and oxygen atoms in total. The van der Waals surface area contributed by atoms with Gasteiger partial charge in [-0.15, -0.1) is 0 Å². The second-order valence-corrected chi connectivity index (χ2v) is 3.68. The Hall–Kier alpha value is -1.46. The average molecular weight is 241 g/mol. The average Bonchev–Trinajstić information content (AvgIpc) is 2.35. The highest BCUT2D eigenvalue weighted by atomic mass is 19.1. The molecule has 1 rings (SSSR count). The number of hydroxylamine groups is 2. The summed E-state index contributed by atoms with van der Waals surface area (Å²) in [6, 6.07) is 5.57. The Bertz CT molecular complexity index is 367. The summed E-state index contributed by atoms with van der Waals surface area (Å²) in [5.41, 5.74) is 0.597. The number of hydrogen-bond donors (Lipinski definition) is 1. The molecule has 0 bridgehead atoms. The van der Waals surface area contributed by atoms with Crippen LogP contribution in [0.3, 0.4) is 0 Å². The summed E-state index contributed by atoms with van der Waals surface area (Å²) in [7, 11) is 2.90. The first-order valence-electron chi connectivity index (χ1n) is 5.28. The number of carbonyl (C=O) groups is 1. The maximum atomic E-state index is 12.7. The number of aliphatic hydroxyl groups is 1. The van der Waals surface area contributed by atoms with Crippen LogP contribution in [0.15, 0.2) is 24.3 Å². The van der Waals surface area contributed by atoms with Crippen LogP contribution in [0.5, 0.6) is 0 Å². The quantitative estimate of drug-likeness (QED) is 0.797. The van der Waals surface area contributed by atoms with Crippen LogP contribution in [0.25, 0.3) is 0 Å². The predicted molar refractivity (Wildman–Crippen MR) is 60.4 cm³/mol. The molecule has 0 fully saturated rings. The number of rotatable bonds is 5. The second kappa shape index (κ2) is 6.32. The van der Waals surface area contributed by atoms with E-state index in [1.165, 1.54) is 38.4 Å². The lowest BCUT2D eigenvalue weighted by Crippen LogP contribution is -2.25. The van der Waals surface area contributed by atoms with Crippen molar-refractivity contribution < 1.29 is 19.1 Å². The molecule has 0 spiro atoms. The van der Waals surface area contributed by atoms with Crippen molar-refractivity contribution in [1.29, 1.82) is 0 Å². The molecule has 0 saturated heterocycles. The molecule has 1 aromatic carbocycles. The van der Waals surface area contributed by atoms with Crippen molar-refractivity contribution in [3.8, 4) is 0 Å². The van der Waals surface area contributed by atoms with E-state index in [-0.39, 0.29) is 24.6 Å². The largest absolute Gasteiger partial charge is 0.388 e. The van der Waals surface area contributed by atoms with E-state index in [2.05, 4.69) is 0 Å². The highest BCUT2D eigenvalue weighted by molar-refractivity contribution is 5.74. The normalized spacial score (nSPS) is 12.2. The Morgan fingerprint density at radius 3 is 2.59 bits per heavy atom. The number of carbonyl (C=O) groups excluding carboxylic acids is 1. The van der Waals surface area contributed by atoms with E-state index < -0.39 is 6.10 Å². The zero-order valence-corrected chi connectivity index (χ0v) is 9.89. The van der Waals surface area contributed by atoms with Gasteiger partial charge in [0, 0.05) is 13.5 Å². The number of amides is 1. The van der Waals surface area contributed by atoms with Gasteiger partial charge >= 0.3 is 0 Å². The zero-order chi connectivity index (χ0) is 12.8. The molecule has 1 unspecified atom stereocenters. The fraction of sp³-hybridized carbons (Fsp3) is 0.417. The first-order valence-corrected chi connectivity index (χ1v) is 5.28. The smallest absolute Gasteiger partial charge is 0.245 e. The minimum atomic E-state index is -0.773. The van der Waals surface area contributed by atoms with Gasteiger partial charge in [-0.25, -0.2) is 9.45 Å². The van der Waals surface area contributed by atoms with E-state index in [1.807, 2.05) is 0 Å². The predicted octanol–water partition coefficient (Wildman–Crippen LogP) is 1.66. The van der Waals surface area contributed by atoms with E-state index in [1.54, 1.807) is 0 Å². The molecule has 0 aromatic heterocycles. The highest BCUT2D eigenvalue weighted by Gasteiger charge is 2.13. The highest BCUT2D eigenvalue weighted by Crippen LogP contribution is 2.18. The first-order chi connectivity index (χ1) is 8.04. The number of hydrogen-bond acceptors (Lipinski definition) is 3. The molecule has 0 heterocycles.